The van der Waals surface area contributed by atoms with E-state index in [-0.39, 0.29) is 37.8 Å². The van der Waals surface area contributed by atoms with Crippen LogP contribution < -0.4 is 0 Å². The number of ether oxygens (including phenoxy) is 2. The van der Waals surface area contributed by atoms with E-state index in [0.717, 1.165) is 0 Å². The van der Waals surface area contributed by atoms with Gasteiger partial charge in [-0.15, -0.1) is 12.4 Å². The minimum atomic E-state index is -0.898. The predicted octanol–water partition coefficient (Wildman–Crippen LogP) is 2.19. The van der Waals surface area contributed by atoms with E-state index < -0.39 is 23.6 Å². The summed E-state index contributed by atoms with van der Waals surface area (Å²) >= 11 is 0. The number of carbonyl (C=O) groups is 3. The molecule has 0 aromatic heterocycles. The van der Waals surface area contributed by atoms with Gasteiger partial charge in [0.05, 0.1) is 6.61 Å². The second kappa shape index (κ2) is 8.22. The highest BCUT2D eigenvalue weighted by Crippen LogP contribution is 2.18. The molecule has 1 heterocycles. The van der Waals surface area contributed by atoms with Crippen molar-refractivity contribution in [1.29, 1.82) is 0 Å². The molecule has 0 bridgehead atoms. The minimum absolute atomic E-state index is 0. The molecule has 1 rings (SSSR count). The first-order valence-corrected chi connectivity index (χ1v) is 6.92. The van der Waals surface area contributed by atoms with Gasteiger partial charge in [0, 0.05) is 19.5 Å². The van der Waals surface area contributed by atoms with Crippen molar-refractivity contribution in [3.8, 4) is 0 Å². The molecular formula is C14H24ClNO5. The molecular weight excluding hydrogens is 298 g/mol. The van der Waals surface area contributed by atoms with E-state index in [1.165, 1.54) is 4.90 Å². The number of carbonyl (C=O) groups excluding carboxylic acids is 3. The zero-order valence-corrected chi connectivity index (χ0v) is 13.8. The van der Waals surface area contributed by atoms with Gasteiger partial charge < -0.3 is 14.4 Å². The SMILES string of the molecule is CCOC(=O)C1CN(C(=O)OC(C)(C)C)CCCC1=O.Cl. The topological polar surface area (TPSA) is 72.9 Å². The molecule has 7 heteroatoms. The third kappa shape index (κ3) is 6.33. The highest BCUT2D eigenvalue weighted by Gasteiger charge is 2.35. The van der Waals surface area contributed by atoms with Gasteiger partial charge in [0.2, 0.25) is 0 Å². The summed E-state index contributed by atoms with van der Waals surface area (Å²) in [5, 5.41) is 0. The zero-order chi connectivity index (χ0) is 15.3. The molecule has 1 amide bonds. The number of Topliss-reactive ketones (excluding diaryl/α,β-unsaturated/α-hetero) is 1. The number of hydrogen-bond acceptors (Lipinski definition) is 5. The van der Waals surface area contributed by atoms with Crippen molar-refractivity contribution >= 4 is 30.3 Å². The van der Waals surface area contributed by atoms with Crippen LogP contribution in [-0.2, 0) is 19.1 Å². The molecule has 1 aliphatic rings. The first kappa shape index (κ1) is 19.7. The first-order chi connectivity index (χ1) is 9.24. The van der Waals surface area contributed by atoms with E-state index in [1.54, 1.807) is 27.7 Å². The highest BCUT2D eigenvalue weighted by atomic mass is 35.5. The molecule has 0 aromatic carbocycles. The van der Waals surface area contributed by atoms with Crippen LogP contribution in [-0.4, -0.2) is 48.0 Å². The number of hydrogen-bond donors (Lipinski definition) is 0. The number of nitrogens with zero attached hydrogens (tertiary/aromatic N) is 1. The molecule has 0 aromatic rings. The second-order valence-electron chi connectivity index (χ2n) is 5.80. The van der Waals surface area contributed by atoms with E-state index in [4.69, 9.17) is 9.47 Å². The largest absolute Gasteiger partial charge is 0.465 e. The summed E-state index contributed by atoms with van der Waals surface area (Å²) in [5.74, 6) is -1.63. The van der Waals surface area contributed by atoms with Crippen LogP contribution in [0, 0.1) is 5.92 Å². The standard InChI is InChI=1S/C14H23NO5.ClH/c1-5-19-12(17)10-9-15(8-6-7-11(10)16)13(18)20-14(2,3)4;/h10H,5-9H2,1-4H3;1H. The number of ketones is 1. The number of esters is 1. The Morgan fingerprint density at radius 1 is 1.33 bits per heavy atom. The van der Waals surface area contributed by atoms with Crippen LogP contribution in [0.3, 0.4) is 0 Å². The lowest BCUT2D eigenvalue weighted by Crippen LogP contribution is -2.42. The summed E-state index contributed by atoms with van der Waals surface area (Å²) in [6, 6.07) is 0. The smallest absolute Gasteiger partial charge is 0.410 e. The average Bonchev–Trinajstić information content (AvgIpc) is 2.49. The number of rotatable bonds is 2. The van der Waals surface area contributed by atoms with Crippen molar-refractivity contribution in [1.82, 2.24) is 4.90 Å². The molecule has 6 nitrogen and oxygen atoms in total. The van der Waals surface area contributed by atoms with Gasteiger partial charge >= 0.3 is 12.1 Å². The van der Waals surface area contributed by atoms with Crippen LogP contribution in [0.1, 0.15) is 40.5 Å². The quantitative estimate of drug-likeness (QED) is 0.576. The fourth-order valence-electron chi connectivity index (χ4n) is 1.97. The molecule has 0 spiro atoms. The van der Waals surface area contributed by atoms with Crippen molar-refractivity contribution in [2.24, 2.45) is 5.92 Å². The van der Waals surface area contributed by atoms with Crippen molar-refractivity contribution in [3.05, 3.63) is 0 Å². The van der Waals surface area contributed by atoms with E-state index in [0.29, 0.717) is 13.0 Å². The maximum Gasteiger partial charge on any atom is 0.410 e. The van der Waals surface area contributed by atoms with E-state index in [9.17, 15) is 14.4 Å². The monoisotopic (exact) mass is 321 g/mol. The van der Waals surface area contributed by atoms with Gasteiger partial charge in [-0.3, -0.25) is 9.59 Å². The maximum absolute atomic E-state index is 12.0. The van der Waals surface area contributed by atoms with E-state index in [2.05, 4.69) is 0 Å². The summed E-state index contributed by atoms with van der Waals surface area (Å²) in [7, 11) is 0. The third-order valence-electron chi connectivity index (χ3n) is 2.87. The molecule has 122 valence electrons. The molecule has 1 saturated heterocycles. The van der Waals surface area contributed by atoms with Crippen LogP contribution in [0.25, 0.3) is 0 Å². The van der Waals surface area contributed by atoms with Crippen LogP contribution in [0.4, 0.5) is 4.79 Å². The Kier molecular flexibility index (Phi) is 7.71. The lowest BCUT2D eigenvalue weighted by molar-refractivity contribution is -0.151. The van der Waals surface area contributed by atoms with Gasteiger partial charge in [-0.2, -0.15) is 0 Å². The lowest BCUT2D eigenvalue weighted by Gasteiger charge is -2.27. The number of halogens is 1. The fourth-order valence-corrected chi connectivity index (χ4v) is 1.97. The number of likely N-dealkylation sites (tertiary alicyclic amines) is 1. The van der Waals surface area contributed by atoms with Crippen LogP contribution in [0.5, 0.6) is 0 Å². The number of amides is 1. The van der Waals surface area contributed by atoms with Gasteiger partial charge in [-0.1, -0.05) is 0 Å². The molecule has 0 radical (unpaired) electrons. The van der Waals surface area contributed by atoms with Crippen molar-refractivity contribution < 1.29 is 23.9 Å². The van der Waals surface area contributed by atoms with Crippen LogP contribution >= 0.6 is 12.4 Å². The Labute approximate surface area is 131 Å². The fraction of sp³-hybridized carbons (Fsp3) is 0.786. The van der Waals surface area contributed by atoms with Gasteiger partial charge in [-0.25, -0.2) is 4.79 Å². The van der Waals surface area contributed by atoms with E-state index >= 15 is 0 Å². The van der Waals surface area contributed by atoms with Crippen LogP contribution in [0.2, 0.25) is 0 Å². The summed E-state index contributed by atoms with van der Waals surface area (Å²) in [6.45, 7) is 7.67. The van der Waals surface area contributed by atoms with Gasteiger partial charge in [0.15, 0.2) is 0 Å². The zero-order valence-electron chi connectivity index (χ0n) is 13.0. The Morgan fingerprint density at radius 3 is 2.48 bits per heavy atom. The van der Waals surface area contributed by atoms with Crippen molar-refractivity contribution in [2.45, 2.75) is 46.1 Å². The molecule has 0 saturated carbocycles. The Balaban J connectivity index is 0.00000400. The maximum atomic E-state index is 12.0. The second-order valence-corrected chi connectivity index (χ2v) is 5.80. The van der Waals surface area contributed by atoms with Gasteiger partial charge in [-0.05, 0) is 34.1 Å². The summed E-state index contributed by atoms with van der Waals surface area (Å²) in [5.41, 5.74) is -0.604. The summed E-state index contributed by atoms with van der Waals surface area (Å²) in [6.07, 6.45) is 0.318. The summed E-state index contributed by atoms with van der Waals surface area (Å²) < 4.78 is 10.2. The molecule has 1 atom stereocenters. The molecule has 21 heavy (non-hydrogen) atoms. The highest BCUT2D eigenvalue weighted by molar-refractivity contribution is 5.99. The molecule has 1 unspecified atom stereocenters. The molecule has 1 fully saturated rings. The minimum Gasteiger partial charge on any atom is -0.465 e. The van der Waals surface area contributed by atoms with E-state index in [1.807, 2.05) is 0 Å². The Bertz CT molecular complexity index is 391. The van der Waals surface area contributed by atoms with Crippen LogP contribution in [0.15, 0.2) is 0 Å². The van der Waals surface area contributed by atoms with Crippen molar-refractivity contribution in [3.63, 3.8) is 0 Å². The molecule has 1 aliphatic heterocycles. The van der Waals surface area contributed by atoms with Crippen molar-refractivity contribution in [2.75, 3.05) is 19.7 Å². The Morgan fingerprint density at radius 2 is 1.95 bits per heavy atom. The summed E-state index contributed by atoms with van der Waals surface area (Å²) in [4.78, 5) is 37.2. The average molecular weight is 322 g/mol. The predicted molar refractivity (Wildman–Crippen MR) is 79.4 cm³/mol. The third-order valence-corrected chi connectivity index (χ3v) is 2.87. The normalized spacial score (nSPS) is 19.3. The van der Waals surface area contributed by atoms with Gasteiger partial charge in [0.1, 0.15) is 17.3 Å². The molecule has 0 N–H and O–H groups in total. The lowest BCUT2D eigenvalue weighted by atomic mass is 10.0. The molecule has 0 aliphatic carbocycles. The van der Waals surface area contributed by atoms with Gasteiger partial charge in [0.25, 0.3) is 0 Å². The first-order valence-electron chi connectivity index (χ1n) is 6.92. The Hall–Kier alpha value is -1.30.